The van der Waals surface area contributed by atoms with E-state index in [1.807, 2.05) is 48.7 Å². The van der Waals surface area contributed by atoms with Crippen LogP contribution in [0.25, 0.3) is 0 Å². The largest absolute Gasteiger partial charge is 0.454 e. The van der Waals surface area contributed by atoms with Crippen LogP contribution in [-0.2, 0) is 9.59 Å². The van der Waals surface area contributed by atoms with E-state index in [9.17, 15) is 9.59 Å². The van der Waals surface area contributed by atoms with Crippen molar-refractivity contribution < 1.29 is 19.1 Å². The minimum absolute atomic E-state index is 0.0527. The number of nitrogens with one attached hydrogen (secondary N) is 1. The Kier molecular flexibility index (Phi) is 4.67. The van der Waals surface area contributed by atoms with Gasteiger partial charge >= 0.3 is 0 Å². The van der Waals surface area contributed by atoms with Crippen molar-refractivity contribution >= 4 is 34.5 Å². The second-order valence-corrected chi connectivity index (χ2v) is 8.41. The normalized spacial score (nSPS) is 19.9. The van der Waals surface area contributed by atoms with Crippen molar-refractivity contribution in [3.63, 3.8) is 0 Å². The first kappa shape index (κ1) is 18.7. The van der Waals surface area contributed by atoms with Gasteiger partial charge in [-0.25, -0.2) is 0 Å². The number of benzene rings is 2. The lowest BCUT2D eigenvalue weighted by Gasteiger charge is -2.27. The van der Waals surface area contributed by atoms with E-state index in [-0.39, 0.29) is 31.1 Å². The molecule has 2 aliphatic heterocycles. The Morgan fingerprint density at radius 2 is 1.90 bits per heavy atom. The minimum Gasteiger partial charge on any atom is -0.454 e. The molecule has 0 aliphatic carbocycles. The number of thiophene rings is 1. The van der Waals surface area contributed by atoms with Crippen LogP contribution in [0, 0.1) is 12.8 Å². The van der Waals surface area contributed by atoms with Crippen LogP contribution in [-0.4, -0.2) is 18.6 Å². The van der Waals surface area contributed by atoms with Crippen molar-refractivity contribution in [1.82, 2.24) is 0 Å². The zero-order chi connectivity index (χ0) is 20.7. The number of hydrogen-bond acceptors (Lipinski definition) is 5. The van der Waals surface area contributed by atoms with Crippen molar-refractivity contribution in [2.24, 2.45) is 5.92 Å². The summed E-state index contributed by atoms with van der Waals surface area (Å²) in [5, 5.41) is 4.93. The number of fused-ring (bicyclic) bond motifs is 1. The van der Waals surface area contributed by atoms with Gasteiger partial charge in [0.15, 0.2) is 11.5 Å². The maximum absolute atomic E-state index is 13.2. The summed E-state index contributed by atoms with van der Waals surface area (Å²) in [5.74, 6) is 0.527. The topological polar surface area (TPSA) is 67.9 Å². The molecule has 2 amide bonds. The Bertz CT molecular complexity index is 1090. The van der Waals surface area contributed by atoms with Gasteiger partial charge in [0.25, 0.3) is 0 Å². The van der Waals surface area contributed by atoms with Gasteiger partial charge in [-0.3, -0.25) is 9.59 Å². The second kappa shape index (κ2) is 7.50. The van der Waals surface area contributed by atoms with Gasteiger partial charge < -0.3 is 19.7 Å². The van der Waals surface area contributed by atoms with Crippen LogP contribution >= 0.6 is 11.3 Å². The first-order valence-electron chi connectivity index (χ1n) is 9.73. The summed E-state index contributed by atoms with van der Waals surface area (Å²) in [6.45, 7) is 2.18. The highest BCUT2D eigenvalue weighted by Gasteiger charge is 2.45. The molecule has 0 saturated carbocycles. The van der Waals surface area contributed by atoms with Crippen LogP contribution < -0.4 is 19.7 Å². The molecule has 6 nitrogen and oxygen atoms in total. The number of ether oxygens (including phenoxy) is 2. The quantitative estimate of drug-likeness (QED) is 0.674. The second-order valence-electron chi connectivity index (χ2n) is 7.43. The van der Waals surface area contributed by atoms with Crippen molar-refractivity contribution in [2.45, 2.75) is 19.4 Å². The molecule has 2 atom stereocenters. The monoisotopic (exact) mass is 420 g/mol. The van der Waals surface area contributed by atoms with E-state index in [0.717, 1.165) is 16.1 Å². The van der Waals surface area contributed by atoms with Gasteiger partial charge in [0.2, 0.25) is 18.6 Å². The summed E-state index contributed by atoms with van der Waals surface area (Å²) >= 11 is 1.56. The first-order chi connectivity index (χ1) is 14.6. The minimum atomic E-state index is -0.497. The van der Waals surface area contributed by atoms with Gasteiger partial charge in [-0.05, 0) is 42.6 Å². The lowest BCUT2D eigenvalue weighted by atomic mass is 9.97. The molecule has 1 N–H and O–H groups in total. The Hall–Kier alpha value is -3.32. The average molecular weight is 420 g/mol. The maximum atomic E-state index is 13.2. The fourth-order valence-electron chi connectivity index (χ4n) is 3.97. The van der Waals surface area contributed by atoms with Crippen LogP contribution in [0.5, 0.6) is 11.5 Å². The van der Waals surface area contributed by atoms with Gasteiger partial charge in [0.1, 0.15) is 0 Å². The molecule has 30 heavy (non-hydrogen) atoms. The van der Waals surface area contributed by atoms with Crippen LogP contribution in [0.4, 0.5) is 11.4 Å². The third-order valence-corrected chi connectivity index (χ3v) is 6.39. The van der Waals surface area contributed by atoms with Crippen LogP contribution in [0.2, 0.25) is 0 Å². The lowest BCUT2D eigenvalue weighted by molar-refractivity contribution is -0.122. The molecule has 0 radical (unpaired) electrons. The van der Waals surface area contributed by atoms with E-state index in [1.54, 1.807) is 34.4 Å². The highest BCUT2D eigenvalue weighted by atomic mass is 32.1. The number of nitrogens with zero attached hydrogens (tertiary/aromatic N) is 1. The molecule has 0 bridgehead atoms. The summed E-state index contributed by atoms with van der Waals surface area (Å²) in [6.07, 6.45) is 0.160. The molecule has 1 saturated heterocycles. The van der Waals surface area contributed by atoms with E-state index >= 15 is 0 Å². The number of aryl methyl sites for hydroxylation is 1. The zero-order valence-electron chi connectivity index (χ0n) is 16.3. The van der Waals surface area contributed by atoms with E-state index < -0.39 is 5.92 Å². The third-order valence-electron chi connectivity index (χ3n) is 5.45. The van der Waals surface area contributed by atoms with Crippen molar-refractivity contribution in [1.29, 1.82) is 0 Å². The predicted octanol–water partition coefficient (Wildman–Crippen LogP) is 4.52. The van der Waals surface area contributed by atoms with Crippen molar-refractivity contribution in [3.8, 4) is 11.5 Å². The summed E-state index contributed by atoms with van der Waals surface area (Å²) in [7, 11) is 0. The van der Waals surface area contributed by atoms with Gasteiger partial charge in [0, 0.05) is 28.7 Å². The first-order valence-corrected chi connectivity index (χ1v) is 10.6. The molecule has 152 valence electrons. The summed E-state index contributed by atoms with van der Waals surface area (Å²) < 4.78 is 10.7. The fourth-order valence-corrected chi connectivity index (χ4v) is 4.85. The predicted molar refractivity (Wildman–Crippen MR) is 115 cm³/mol. The Morgan fingerprint density at radius 1 is 1.10 bits per heavy atom. The van der Waals surface area contributed by atoms with E-state index in [2.05, 4.69) is 5.32 Å². The number of anilines is 2. The number of hydrogen-bond donors (Lipinski definition) is 1. The summed E-state index contributed by atoms with van der Waals surface area (Å²) in [4.78, 5) is 29.0. The van der Waals surface area contributed by atoms with Gasteiger partial charge in [0.05, 0.1) is 12.0 Å². The molecule has 1 aromatic heterocycles. The number of amides is 2. The molecule has 2 aliphatic rings. The standard InChI is InChI=1S/C23H20N2O4S/c1-14-4-7-16(8-5-14)25-21(26)12-17(22(25)20-3-2-10-30-20)23(27)24-15-6-9-18-19(11-15)29-13-28-18/h2-11,17,22H,12-13H2,1H3,(H,24,27)/t17-,22-/m0/s1. The average Bonchev–Trinajstić information content (AvgIpc) is 3.47. The smallest absolute Gasteiger partial charge is 0.231 e. The van der Waals surface area contributed by atoms with E-state index in [0.29, 0.717) is 17.2 Å². The maximum Gasteiger partial charge on any atom is 0.231 e. The molecule has 5 rings (SSSR count). The number of carbonyl (C=O) groups is 2. The SMILES string of the molecule is Cc1ccc(N2C(=O)C[C@H](C(=O)Nc3ccc4c(c3)OCO4)[C@H]2c2cccs2)cc1. The molecular weight excluding hydrogens is 400 g/mol. The van der Waals surface area contributed by atoms with Gasteiger partial charge in [-0.2, -0.15) is 0 Å². The van der Waals surface area contributed by atoms with E-state index in [4.69, 9.17) is 9.47 Å². The van der Waals surface area contributed by atoms with Crippen molar-refractivity contribution in [2.75, 3.05) is 17.0 Å². The molecule has 0 unspecified atom stereocenters. The van der Waals surface area contributed by atoms with Crippen LogP contribution in [0.1, 0.15) is 22.9 Å². The highest BCUT2D eigenvalue weighted by Crippen LogP contribution is 2.43. The lowest BCUT2D eigenvalue weighted by Crippen LogP contribution is -2.31. The fraction of sp³-hybridized carbons (Fsp3) is 0.217. The number of carbonyl (C=O) groups excluding carboxylic acids is 2. The third kappa shape index (κ3) is 3.31. The van der Waals surface area contributed by atoms with Gasteiger partial charge in [-0.15, -0.1) is 11.3 Å². The number of rotatable bonds is 4. The summed E-state index contributed by atoms with van der Waals surface area (Å²) in [5.41, 5.74) is 2.55. The molecule has 3 heterocycles. The molecule has 1 fully saturated rings. The van der Waals surface area contributed by atoms with Gasteiger partial charge in [-0.1, -0.05) is 23.8 Å². The Balaban J connectivity index is 1.45. The van der Waals surface area contributed by atoms with E-state index in [1.165, 1.54) is 0 Å². The molecular formula is C23H20N2O4S. The Labute approximate surface area is 178 Å². The highest BCUT2D eigenvalue weighted by molar-refractivity contribution is 7.10. The van der Waals surface area contributed by atoms with Crippen molar-refractivity contribution in [3.05, 3.63) is 70.4 Å². The summed E-state index contributed by atoms with van der Waals surface area (Å²) in [6, 6.07) is 16.7. The van der Waals surface area contributed by atoms with Crippen LogP contribution in [0.3, 0.4) is 0 Å². The van der Waals surface area contributed by atoms with Crippen LogP contribution in [0.15, 0.2) is 60.0 Å². The molecule has 7 heteroatoms. The Morgan fingerprint density at radius 3 is 2.67 bits per heavy atom. The molecule has 0 spiro atoms. The molecule has 3 aromatic rings. The zero-order valence-corrected chi connectivity index (χ0v) is 17.1. The molecule has 2 aromatic carbocycles.